The molecule has 0 aromatic carbocycles. The smallest absolute Gasteiger partial charge is 0.00739 e. The SMILES string of the molecule is NCCCP(C1CCCCC1)C1CCCCC1. The average Bonchev–Trinajstić information content (AvgIpc) is 2.42. The van der Waals surface area contributed by atoms with E-state index in [2.05, 4.69) is 0 Å². The first-order chi connectivity index (χ1) is 8.42. The van der Waals surface area contributed by atoms with E-state index in [4.69, 9.17) is 5.73 Å². The zero-order chi connectivity index (χ0) is 11.9. The van der Waals surface area contributed by atoms with E-state index in [1.54, 1.807) is 25.7 Å². The number of rotatable bonds is 5. The molecule has 0 atom stereocenters. The molecule has 0 radical (unpaired) electrons. The summed E-state index contributed by atoms with van der Waals surface area (Å²) in [5, 5.41) is 0. The predicted octanol–water partition coefficient (Wildman–Crippen LogP) is 4.48. The second-order valence-corrected chi connectivity index (χ2v) is 8.90. The molecule has 2 aliphatic carbocycles. The van der Waals surface area contributed by atoms with Gasteiger partial charge in [-0.05, 0) is 56.1 Å². The topological polar surface area (TPSA) is 26.0 Å². The number of hydrogen-bond acceptors (Lipinski definition) is 1. The molecule has 0 saturated heterocycles. The number of hydrogen-bond donors (Lipinski definition) is 1. The second kappa shape index (κ2) is 7.74. The third kappa shape index (κ3) is 4.21. The molecule has 0 spiro atoms. The molecular weight excluding hydrogens is 225 g/mol. The quantitative estimate of drug-likeness (QED) is 0.720. The van der Waals surface area contributed by atoms with Gasteiger partial charge in [0.05, 0.1) is 0 Å². The fourth-order valence-corrected chi connectivity index (χ4v) is 7.69. The van der Waals surface area contributed by atoms with Crippen LogP contribution in [0.4, 0.5) is 0 Å². The van der Waals surface area contributed by atoms with Gasteiger partial charge in [-0.25, -0.2) is 0 Å². The summed E-state index contributed by atoms with van der Waals surface area (Å²) in [6, 6.07) is 0. The van der Waals surface area contributed by atoms with Crippen molar-refractivity contribution < 1.29 is 0 Å². The lowest BCUT2D eigenvalue weighted by Crippen LogP contribution is -2.22. The van der Waals surface area contributed by atoms with Crippen molar-refractivity contribution in [2.45, 2.75) is 81.9 Å². The monoisotopic (exact) mass is 255 g/mol. The Morgan fingerprint density at radius 2 is 1.24 bits per heavy atom. The van der Waals surface area contributed by atoms with Crippen molar-refractivity contribution in [1.29, 1.82) is 0 Å². The molecule has 17 heavy (non-hydrogen) atoms. The van der Waals surface area contributed by atoms with Gasteiger partial charge >= 0.3 is 0 Å². The largest absolute Gasteiger partial charge is 0.330 e. The molecule has 0 aliphatic heterocycles. The summed E-state index contributed by atoms with van der Waals surface area (Å²) >= 11 is 0. The first kappa shape index (κ1) is 13.8. The summed E-state index contributed by atoms with van der Waals surface area (Å²) in [5.74, 6) is 0. The molecule has 0 heterocycles. The normalized spacial score (nSPS) is 24.4. The van der Waals surface area contributed by atoms with Crippen LogP contribution in [0.3, 0.4) is 0 Å². The van der Waals surface area contributed by atoms with Gasteiger partial charge in [-0.2, -0.15) is 0 Å². The molecule has 2 fully saturated rings. The highest BCUT2D eigenvalue weighted by atomic mass is 31.1. The highest BCUT2D eigenvalue weighted by molar-refractivity contribution is 7.59. The van der Waals surface area contributed by atoms with Gasteiger partial charge in [-0.1, -0.05) is 38.5 Å². The molecule has 2 heteroatoms. The first-order valence-corrected chi connectivity index (χ1v) is 9.54. The first-order valence-electron chi connectivity index (χ1n) is 7.87. The maximum absolute atomic E-state index is 5.75. The molecule has 0 aromatic rings. The fourth-order valence-electron chi connectivity index (χ4n) is 3.76. The lowest BCUT2D eigenvalue weighted by molar-refractivity contribution is 0.484. The van der Waals surface area contributed by atoms with E-state index in [1.807, 2.05) is 0 Å². The molecule has 100 valence electrons. The standard InChI is InChI=1S/C15H30NP/c16-12-7-13-17(14-8-3-1-4-9-14)15-10-5-2-6-11-15/h14-15H,1-13,16H2. The van der Waals surface area contributed by atoms with Gasteiger partial charge in [0.25, 0.3) is 0 Å². The molecule has 2 aliphatic rings. The van der Waals surface area contributed by atoms with Crippen LogP contribution in [-0.2, 0) is 0 Å². The van der Waals surface area contributed by atoms with Crippen molar-refractivity contribution in [3.05, 3.63) is 0 Å². The minimum atomic E-state index is 0.317. The van der Waals surface area contributed by atoms with Gasteiger partial charge in [-0.15, -0.1) is 7.92 Å². The minimum Gasteiger partial charge on any atom is -0.330 e. The average molecular weight is 255 g/mol. The Kier molecular flexibility index (Phi) is 6.29. The van der Waals surface area contributed by atoms with Crippen molar-refractivity contribution in [3.63, 3.8) is 0 Å². The highest BCUT2D eigenvalue weighted by Crippen LogP contribution is 2.55. The van der Waals surface area contributed by atoms with E-state index < -0.39 is 0 Å². The molecule has 0 unspecified atom stereocenters. The molecule has 2 rings (SSSR count). The van der Waals surface area contributed by atoms with Crippen LogP contribution in [0.15, 0.2) is 0 Å². The van der Waals surface area contributed by atoms with E-state index in [9.17, 15) is 0 Å². The van der Waals surface area contributed by atoms with Crippen LogP contribution in [0.1, 0.15) is 70.6 Å². The van der Waals surface area contributed by atoms with Gasteiger partial charge in [0.15, 0.2) is 0 Å². The molecule has 0 amide bonds. The Morgan fingerprint density at radius 1 is 0.765 bits per heavy atom. The summed E-state index contributed by atoms with van der Waals surface area (Å²) in [5.41, 5.74) is 7.98. The van der Waals surface area contributed by atoms with Crippen molar-refractivity contribution >= 4 is 7.92 Å². The van der Waals surface area contributed by atoms with E-state index in [0.29, 0.717) is 7.92 Å². The van der Waals surface area contributed by atoms with Crippen molar-refractivity contribution in [2.75, 3.05) is 12.7 Å². The zero-order valence-corrected chi connectivity index (χ0v) is 12.3. The van der Waals surface area contributed by atoms with Crippen LogP contribution < -0.4 is 5.73 Å². The second-order valence-electron chi connectivity index (χ2n) is 5.96. The Morgan fingerprint density at radius 3 is 1.65 bits per heavy atom. The van der Waals surface area contributed by atoms with Crippen LogP contribution >= 0.6 is 7.92 Å². The van der Waals surface area contributed by atoms with Crippen molar-refractivity contribution in [1.82, 2.24) is 0 Å². The lowest BCUT2D eigenvalue weighted by Gasteiger charge is -2.38. The summed E-state index contributed by atoms with van der Waals surface area (Å²) < 4.78 is 0. The summed E-state index contributed by atoms with van der Waals surface area (Å²) in [6.45, 7) is 0.915. The van der Waals surface area contributed by atoms with Crippen LogP contribution in [-0.4, -0.2) is 24.0 Å². The Bertz CT molecular complexity index is 177. The van der Waals surface area contributed by atoms with Crippen LogP contribution in [0.2, 0.25) is 0 Å². The van der Waals surface area contributed by atoms with Gasteiger partial charge in [0.2, 0.25) is 0 Å². The van der Waals surface area contributed by atoms with Crippen LogP contribution in [0, 0.1) is 0 Å². The van der Waals surface area contributed by atoms with E-state index in [0.717, 1.165) is 17.9 Å². The Hall–Kier alpha value is 0.390. The highest BCUT2D eigenvalue weighted by Gasteiger charge is 2.30. The molecule has 0 aromatic heterocycles. The summed E-state index contributed by atoms with van der Waals surface area (Å²) in [4.78, 5) is 0. The predicted molar refractivity (Wildman–Crippen MR) is 79.2 cm³/mol. The molecule has 2 saturated carbocycles. The molecule has 1 nitrogen and oxygen atoms in total. The van der Waals surface area contributed by atoms with Crippen molar-refractivity contribution in [2.24, 2.45) is 5.73 Å². The third-order valence-corrected chi connectivity index (χ3v) is 8.45. The van der Waals surface area contributed by atoms with Gasteiger partial charge in [0, 0.05) is 0 Å². The van der Waals surface area contributed by atoms with Crippen LogP contribution in [0.5, 0.6) is 0 Å². The third-order valence-electron chi connectivity index (χ3n) is 4.71. The van der Waals surface area contributed by atoms with E-state index in [-0.39, 0.29) is 0 Å². The number of nitrogens with two attached hydrogens (primary N) is 1. The maximum atomic E-state index is 5.75. The van der Waals surface area contributed by atoms with Gasteiger partial charge < -0.3 is 5.73 Å². The Labute approximate surface area is 109 Å². The van der Waals surface area contributed by atoms with Gasteiger partial charge in [0.1, 0.15) is 0 Å². The maximum Gasteiger partial charge on any atom is -0.00739 e. The van der Waals surface area contributed by atoms with Gasteiger partial charge in [-0.3, -0.25) is 0 Å². The molecule has 2 N–H and O–H groups in total. The summed E-state index contributed by atoms with van der Waals surface area (Å²) in [6.07, 6.45) is 18.0. The van der Waals surface area contributed by atoms with E-state index in [1.165, 1.54) is 51.1 Å². The summed E-state index contributed by atoms with van der Waals surface area (Å²) in [7, 11) is 0.317. The minimum absolute atomic E-state index is 0.317. The fraction of sp³-hybridized carbons (Fsp3) is 1.00. The van der Waals surface area contributed by atoms with Crippen LogP contribution in [0.25, 0.3) is 0 Å². The molecule has 0 bridgehead atoms. The molecular formula is C15H30NP. The lowest BCUT2D eigenvalue weighted by atomic mass is 9.99. The Balaban J connectivity index is 1.90. The van der Waals surface area contributed by atoms with E-state index >= 15 is 0 Å². The zero-order valence-electron chi connectivity index (χ0n) is 11.4. The van der Waals surface area contributed by atoms with Crippen molar-refractivity contribution in [3.8, 4) is 0 Å².